The van der Waals surface area contributed by atoms with Crippen molar-refractivity contribution >= 4 is 0 Å². The van der Waals surface area contributed by atoms with Crippen LogP contribution in [0.1, 0.15) is 31.9 Å². The maximum Gasteiger partial charge on any atom is 0.0989 e. The largest absolute Gasteiger partial charge is 1.00 e. The average molecular weight is 328 g/mol. The van der Waals surface area contributed by atoms with Crippen LogP contribution in [0.15, 0.2) is 72.1 Å². The number of hydrogen-bond acceptors (Lipinski definition) is 2. The van der Waals surface area contributed by atoms with Crippen LogP contribution in [0.2, 0.25) is 0 Å². The van der Waals surface area contributed by atoms with Crippen LogP contribution in [0, 0.1) is 0 Å². The van der Waals surface area contributed by atoms with E-state index >= 15 is 0 Å². The smallest absolute Gasteiger partial charge is 0.0989 e. The zero-order valence-electron chi connectivity index (χ0n) is 14.0. The van der Waals surface area contributed by atoms with Gasteiger partial charge in [0.1, 0.15) is 0 Å². The Hall–Kier alpha value is -1.93. The molecule has 0 aliphatic carbocycles. The number of hydrogen-bond donors (Lipinski definition) is 0. The van der Waals surface area contributed by atoms with Gasteiger partial charge in [-0.15, -0.1) is 0 Å². The molecule has 1 aliphatic rings. The molecule has 0 amide bonds. The minimum absolute atomic E-state index is 0. The first-order chi connectivity index (χ1) is 10.7. The van der Waals surface area contributed by atoms with Crippen molar-refractivity contribution < 1.29 is 12.4 Å². The molecule has 0 unspecified atom stereocenters. The van der Waals surface area contributed by atoms with E-state index < -0.39 is 0 Å². The molecule has 122 valence electrons. The Bertz CT molecular complexity index is 594. The van der Waals surface area contributed by atoms with Crippen molar-refractivity contribution in [3.63, 3.8) is 0 Å². The monoisotopic (exact) mass is 327 g/mol. The molecule has 0 fully saturated rings. The van der Waals surface area contributed by atoms with Gasteiger partial charge in [0.05, 0.1) is 6.17 Å². The highest BCUT2D eigenvalue weighted by Crippen LogP contribution is 2.31. The van der Waals surface area contributed by atoms with Crippen LogP contribution in [0.5, 0.6) is 0 Å². The van der Waals surface area contributed by atoms with Crippen LogP contribution in [-0.4, -0.2) is 16.0 Å². The van der Waals surface area contributed by atoms with Crippen molar-refractivity contribution in [2.45, 2.75) is 40.0 Å². The van der Waals surface area contributed by atoms with Gasteiger partial charge in [-0.1, -0.05) is 60.7 Å². The molecule has 0 aromatic heterocycles. The Morgan fingerprint density at radius 2 is 1.04 bits per heavy atom. The number of benzene rings is 2. The van der Waals surface area contributed by atoms with E-state index in [0.29, 0.717) is 6.17 Å². The molecule has 2 aromatic rings. The van der Waals surface area contributed by atoms with Gasteiger partial charge in [0, 0.05) is 24.5 Å². The molecule has 0 saturated carbocycles. The molecule has 0 spiro atoms. The highest BCUT2D eigenvalue weighted by molar-refractivity contribution is 5.23. The third kappa shape index (κ3) is 3.70. The molecular weight excluding hydrogens is 304 g/mol. The summed E-state index contributed by atoms with van der Waals surface area (Å²) in [6, 6.07) is 21.4. The van der Waals surface area contributed by atoms with E-state index in [4.69, 9.17) is 0 Å². The zero-order chi connectivity index (χ0) is 15.5. The van der Waals surface area contributed by atoms with E-state index in [1.54, 1.807) is 0 Å². The fraction of sp³-hybridized carbons (Fsp3) is 0.300. The highest BCUT2D eigenvalue weighted by atomic mass is 35.5. The SMILES string of the molecule is CC1=C(C)N(Cc2ccccc2)C(C)N1Cc1ccccc1.[Cl-]. The lowest BCUT2D eigenvalue weighted by molar-refractivity contribution is -0.00000487. The third-order valence-electron chi connectivity index (χ3n) is 4.68. The molecule has 0 N–H and O–H groups in total. The van der Waals surface area contributed by atoms with E-state index in [0.717, 1.165) is 13.1 Å². The van der Waals surface area contributed by atoms with Crippen molar-refractivity contribution in [2.24, 2.45) is 0 Å². The first kappa shape index (κ1) is 17.4. The fourth-order valence-corrected chi connectivity index (χ4v) is 3.21. The Morgan fingerprint density at radius 3 is 1.39 bits per heavy atom. The van der Waals surface area contributed by atoms with Crippen LogP contribution < -0.4 is 12.4 Å². The van der Waals surface area contributed by atoms with E-state index in [2.05, 4.69) is 91.2 Å². The standard InChI is InChI=1S/C20H24N2.ClH/c1-16-17(2)22(15-20-12-8-5-9-13-20)18(3)21(16)14-19-10-6-4-7-11-19;/h4-13,18H,14-15H2,1-3H3;1H/p-1. The molecule has 2 nitrogen and oxygen atoms in total. The first-order valence-electron chi connectivity index (χ1n) is 7.95. The molecule has 23 heavy (non-hydrogen) atoms. The number of nitrogens with zero attached hydrogens (tertiary/aromatic N) is 2. The van der Waals surface area contributed by atoms with Gasteiger partial charge in [-0.05, 0) is 31.9 Å². The minimum Gasteiger partial charge on any atom is -1.00 e. The minimum atomic E-state index is 0. The number of halogens is 1. The summed E-state index contributed by atoms with van der Waals surface area (Å²) in [5.41, 5.74) is 5.49. The van der Waals surface area contributed by atoms with Crippen molar-refractivity contribution in [2.75, 3.05) is 0 Å². The Balaban J connectivity index is 0.00000192. The molecule has 2 aromatic carbocycles. The molecule has 3 heteroatoms. The second-order valence-electron chi connectivity index (χ2n) is 6.03. The van der Waals surface area contributed by atoms with Gasteiger partial charge in [0.25, 0.3) is 0 Å². The van der Waals surface area contributed by atoms with Crippen LogP contribution >= 0.6 is 0 Å². The summed E-state index contributed by atoms with van der Waals surface area (Å²) in [5, 5.41) is 0. The molecule has 1 heterocycles. The van der Waals surface area contributed by atoms with Gasteiger partial charge in [0.2, 0.25) is 0 Å². The molecule has 3 rings (SSSR count). The van der Waals surface area contributed by atoms with Gasteiger partial charge < -0.3 is 22.2 Å². The zero-order valence-corrected chi connectivity index (χ0v) is 14.8. The Kier molecular flexibility index (Phi) is 5.73. The lowest BCUT2D eigenvalue weighted by atomic mass is 10.2. The lowest BCUT2D eigenvalue weighted by Gasteiger charge is -2.32. The highest BCUT2D eigenvalue weighted by Gasteiger charge is 2.30. The summed E-state index contributed by atoms with van der Waals surface area (Å²) in [6.45, 7) is 8.71. The van der Waals surface area contributed by atoms with Gasteiger partial charge in [-0.3, -0.25) is 0 Å². The predicted octanol–water partition coefficient (Wildman–Crippen LogP) is 1.61. The van der Waals surface area contributed by atoms with E-state index in [1.165, 1.54) is 22.5 Å². The Morgan fingerprint density at radius 1 is 0.696 bits per heavy atom. The van der Waals surface area contributed by atoms with Crippen LogP contribution in [0.4, 0.5) is 0 Å². The first-order valence-corrected chi connectivity index (χ1v) is 7.95. The second kappa shape index (κ2) is 7.56. The molecule has 0 saturated heterocycles. The van der Waals surface area contributed by atoms with Crippen LogP contribution in [0.25, 0.3) is 0 Å². The third-order valence-corrected chi connectivity index (χ3v) is 4.68. The molecule has 0 radical (unpaired) electrons. The van der Waals surface area contributed by atoms with Gasteiger partial charge in [-0.2, -0.15) is 0 Å². The molecule has 0 bridgehead atoms. The number of rotatable bonds is 4. The normalized spacial score (nSPS) is 15.1. The Labute approximate surface area is 145 Å². The fourth-order valence-electron chi connectivity index (χ4n) is 3.21. The summed E-state index contributed by atoms with van der Waals surface area (Å²) in [5.74, 6) is 0. The topological polar surface area (TPSA) is 6.48 Å². The van der Waals surface area contributed by atoms with E-state index in [1.807, 2.05) is 0 Å². The predicted molar refractivity (Wildman–Crippen MR) is 91.8 cm³/mol. The molecular formula is C20H24ClN2-. The van der Waals surface area contributed by atoms with Crippen LogP contribution in [-0.2, 0) is 13.1 Å². The summed E-state index contributed by atoms with van der Waals surface area (Å²) in [6.07, 6.45) is 0.389. The van der Waals surface area contributed by atoms with E-state index in [9.17, 15) is 0 Å². The summed E-state index contributed by atoms with van der Waals surface area (Å²) >= 11 is 0. The average Bonchev–Trinajstić information content (AvgIpc) is 2.75. The lowest BCUT2D eigenvalue weighted by Crippen LogP contribution is -3.00. The molecule has 0 atom stereocenters. The van der Waals surface area contributed by atoms with Gasteiger partial charge in [0.15, 0.2) is 0 Å². The van der Waals surface area contributed by atoms with Gasteiger partial charge in [-0.25, -0.2) is 0 Å². The quantitative estimate of drug-likeness (QED) is 0.842. The van der Waals surface area contributed by atoms with E-state index in [-0.39, 0.29) is 12.4 Å². The summed E-state index contributed by atoms with van der Waals surface area (Å²) in [7, 11) is 0. The molecule has 1 aliphatic heterocycles. The summed E-state index contributed by atoms with van der Waals surface area (Å²) in [4.78, 5) is 4.99. The second-order valence-corrected chi connectivity index (χ2v) is 6.03. The van der Waals surface area contributed by atoms with Crippen LogP contribution in [0.3, 0.4) is 0 Å². The van der Waals surface area contributed by atoms with Gasteiger partial charge >= 0.3 is 0 Å². The maximum absolute atomic E-state index is 2.49. The number of allylic oxidation sites excluding steroid dienone is 2. The van der Waals surface area contributed by atoms with Crippen molar-refractivity contribution in [3.05, 3.63) is 83.2 Å². The summed E-state index contributed by atoms with van der Waals surface area (Å²) < 4.78 is 0. The van der Waals surface area contributed by atoms with Crippen molar-refractivity contribution in [1.29, 1.82) is 0 Å². The van der Waals surface area contributed by atoms with Crippen molar-refractivity contribution in [3.8, 4) is 0 Å². The maximum atomic E-state index is 2.49. The van der Waals surface area contributed by atoms with Crippen molar-refractivity contribution in [1.82, 2.24) is 9.80 Å².